The van der Waals surface area contributed by atoms with Gasteiger partial charge in [-0.05, 0) is 19.4 Å². The van der Waals surface area contributed by atoms with Gasteiger partial charge >= 0.3 is 0 Å². The average Bonchev–Trinajstić information content (AvgIpc) is 2.52. The molecule has 1 heterocycles. The summed E-state index contributed by atoms with van der Waals surface area (Å²) in [4.78, 5) is 23.2. The van der Waals surface area contributed by atoms with Crippen LogP contribution >= 0.6 is 11.8 Å². The molecule has 1 atom stereocenters. The number of carbonyl (C=O) groups excluding carboxylic acids is 2. The van der Waals surface area contributed by atoms with Crippen LogP contribution in [0.15, 0.2) is 52.2 Å². The fraction of sp³-hybridized carbons (Fsp3) is 0.235. The third-order valence-corrected chi connectivity index (χ3v) is 4.56. The van der Waals surface area contributed by atoms with Crippen LogP contribution in [0.25, 0.3) is 0 Å². The van der Waals surface area contributed by atoms with Crippen molar-refractivity contribution in [3.63, 3.8) is 0 Å². The lowest BCUT2D eigenvalue weighted by Crippen LogP contribution is -2.27. The van der Waals surface area contributed by atoms with Crippen molar-refractivity contribution in [1.29, 1.82) is 5.26 Å². The second-order valence-electron chi connectivity index (χ2n) is 5.17. The molecule has 5 nitrogen and oxygen atoms in total. The number of benzene rings is 1. The zero-order valence-corrected chi connectivity index (χ0v) is 13.7. The number of Topliss-reactive ketones (excluding diaryl/α,β-unsaturated/α-hetero) is 1. The average molecular weight is 327 g/mol. The van der Waals surface area contributed by atoms with Crippen molar-refractivity contribution >= 4 is 23.5 Å². The Morgan fingerprint density at radius 3 is 2.52 bits per heavy atom. The molecule has 23 heavy (non-hydrogen) atoms. The minimum atomic E-state index is -0.461. The van der Waals surface area contributed by atoms with E-state index in [2.05, 4.69) is 11.4 Å². The van der Waals surface area contributed by atoms with Crippen LogP contribution in [0.1, 0.15) is 25.3 Å². The van der Waals surface area contributed by atoms with Crippen LogP contribution in [0.4, 0.5) is 0 Å². The van der Waals surface area contributed by atoms with E-state index in [1.807, 2.05) is 30.3 Å². The quantitative estimate of drug-likeness (QED) is 0.864. The zero-order valence-electron chi connectivity index (χ0n) is 12.9. The van der Waals surface area contributed by atoms with Crippen LogP contribution in [0.2, 0.25) is 0 Å². The highest BCUT2D eigenvalue weighted by atomic mass is 32.2. The molecule has 1 amide bonds. The Balaban J connectivity index is 2.56. The summed E-state index contributed by atoms with van der Waals surface area (Å²) in [6, 6.07) is 11.6. The molecule has 1 aliphatic rings. The van der Waals surface area contributed by atoms with Gasteiger partial charge in [0.1, 0.15) is 0 Å². The number of allylic oxidation sites excluding steroid dienone is 3. The van der Waals surface area contributed by atoms with E-state index in [0.717, 1.165) is 5.56 Å². The SMILES string of the molecule is CC(=O)C1=C(C)NC(SCC(N)=O)=C(C#N)[C@H]1c1ccccc1. The van der Waals surface area contributed by atoms with Gasteiger partial charge in [-0.1, -0.05) is 42.1 Å². The van der Waals surface area contributed by atoms with E-state index in [9.17, 15) is 14.9 Å². The second-order valence-corrected chi connectivity index (χ2v) is 6.16. The fourth-order valence-corrected chi connectivity index (χ4v) is 3.45. The van der Waals surface area contributed by atoms with Gasteiger partial charge < -0.3 is 11.1 Å². The molecule has 0 unspecified atom stereocenters. The van der Waals surface area contributed by atoms with Gasteiger partial charge in [-0.3, -0.25) is 9.59 Å². The molecule has 0 fully saturated rings. The summed E-state index contributed by atoms with van der Waals surface area (Å²) in [5.41, 5.74) is 7.75. The molecule has 0 radical (unpaired) electrons. The van der Waals surface area contributed by atoms with Gasteiger partial charge in [0.15, 0.2) is 5.78 Å². The van der Waals surface area contributed by atoms with Crippen LogP contribution in [-0.2, 0) is 9.59 Å². The summed E-state index contributed by atoms with van der Waals surface area (Å²) < 4.78 is 0. The van der Waals surface area contributed by atoms with Crippen molar-refractivity contribution in [1.82, 2.24) is 5.32 Å². The van der Waals surface area contributed by atoms with E-state index in [1.165, 1.54) is 18.7 Å². The summed E-state index contributed by atoms with van der Waals surface area (Å²) in [5, 5.41) is 13.3. The number of nitrogens with one attached hydrogen (secondary N) is 1. The molecule has 1 aromatic carbocycles. The lowest BCUT2D eigenvalue weighted by molar-refractivity contribution is -0.115. The van der Waals surface area contributed by atoms with E-state index in [0.29, 0.717) is 21.9 Å². The topological polar surface area (TPSA) is 96.0 Å². The molecule has 6 heteroatoms. The van der Waals surface area contributed by atoms with Crippen molar-refractivity contribution in [2.75, 3.05) is 5.75 Å². The number of hydrogen-bond donors (Lipinski definition) is 2. The van der Waals surface area contributed by atoms with Gasteiger partial charge in [-0.2, -0.15) is 5.26 Å². The Morgan fingerprint density at radius 2 is 2.00 bits per heavy atom. The molecule has 118 valence electrons. The highest BCUT2D eigenvalue weighted by molar-refractivity contribution is 8.03. The van der Waals surface area contributed by atoms with Crippen LogP contribution in [0, 0.1) is 11.3 Å². The van der Waals surface area contributed by atoms with E-state index < -0.39 is 11.8 Å². The van der Waals surface area contributed by atoms with E-state index in [4.69, 9.17) is 5.73 Å². The van der Waals surface area contributed by atoms with Crippen molar-refractivity contribution in [2.45, 2.75) is 19.8 Å². The molecule has 1 aromatic rings. The van der Waals surface area contributed by atoms with Crippen molar-refractivity contribution < 1.29 is 9.59 Å². The minimum Gasteiger partial charge on any atom is -0.369 e. The van der Waals surface area contributed by atoms with Crippen LogP contribution < -0.4 is 11.1 Å². The van der Waals surface area contributed by atoms with Gasteiger partial charge in [-0.25, -0.2) is 0 Å². The third-order valence-electron chi connectivity index (χ3n) is 3.52. The summed E-state index contributed by atoms with van der Waals surface area (Å²) in [6.07, 6.45) is 0. The number of hydrogen-bond acceptors (Lipinski definition) is 5. The van der Waals surface area contributed by atoms with Crippen molar-refractivity contribution in [3.05, 3.63) is 57.8 Å². The number of nitrogens with two attached hydrogens (primary N) is 1. The normalized spacial score (nSPS) is 17.5. The highest BCUT2D eigenvalue weighted by Crippen LogP contribution is 2.40. The Hall–Kier alpha value is -2.52. The number of ketones is 1. The second kappa shape index (κ2) is 7.16. The predicted octanol–water partition coefficient (Wildman–Crippen LogP) is 2.19. The number of rotatable bonds is 5. The molecular formula is C17H17N3O2S. The molecule has 1 aliphatic heterocycles. The standard InChI is InChI=1S/C17H17N3O2S/c1-10-15(11(2)21)16(12-6-4-3-5-7-12)13(8-18)17(20-10)23-9-14(19)22/h3-7,16,20H,9H2,1-2H3,(H2,19,22)/t16-/m1/s1. The maximum atomic E-state index is 12.1. The number of primary amides is 1. The first-order valence-electron chi connectivity index (χ1n) is 7.04. The largest absolute Gasteiger partial charge is 0.369 e. The van der Waals surface area contributed by atoms with E-state index in [-0.39, 0.29) is 11.5 Å². The Bertz CT molecular complexity index is 745. The number of amides is 1. The molecular weight excluding hydrogens is 310 g/mol. The van der Waals surface area contributed by atoms with Gasteiger partial charge in [0.05, 0.1) is 28.3 Å². The summed E-state index contributed by atoms with van der Waals surface area (Å²) in [7, 11) is 0. The van der Waals surface area contributed by atoms with Gasteiger partial charge in [0.2, 0.25) is 5.91 Å². The number of thioether (sulfide) groups is 1. The van der Waals surface area contributed by atoms with E-state index >= 15 is 0 Å². The molecule has 0 saturated carbocycles. The number of nitriles is 1. The number of carbonyl (C=O) groups is 2. The van der Waals surface area contributed by atoms with Gasteiger partial charge in [-0.15, -0.1) is 0 Å². The first-order chi connectivity index (χ1) is 11.0. The third kappa shape index (κ3) is 3.63. The molecule has 2 rings (SSSR count). The maximum Gasteiger partial charge on any atom is 0.227 e. The van der Waals surface area contributed by atoms with Crippen molar-refractivity contribution in [3.8, 4) is 6.07 Å². The van der Waals surface area contributed by atoms with Crippen LogP contribution in [0.5, 0.6) is 0 Å². The van der Waals surface area contributed by atoms with Gasteiger partial charge in [0.25, 0.3) is 0 Å². The monoisotopic (exact) mass is 327 g/mol. The fourth-order valence-electron chi connectivity index (χ4n) is 2.62. The number of dihydropyridines is 1. The van der Waals surface area contributed by atoms with Crippen LogP contribution in [0.3, 0.4) is 0 Å². The molecule has 0 saturated heterocycles. The Labute approximate surface area is 139 Å². The van der Waals surface area contributed by atoms with Gasteiger partial charge in [0, 0.05) is 11.3 Å². The maximum absolute atomic E-state index is 12.1. The summed E-state index contributed by atoms with van der Waals surface area (Å²) in [6.45, 7) is 3.29. The molecule has 0 aliphatic carbocycles. The smallest absolute Gasteiger partial charge is 0.227 e. The Morgan fingerprint density at radius 1 is 1.35 bits per heavy atom. The van der Waals surface area contributed by atoms with Crippen LogP contribution in [-0.4, -0.2) is 17.4 Å². The zero-order chi connectivity index (χ0) is 17.0. The van der Waals surface area contributed by atoms with Crippen molar-refractivity contribution in [2.24, 2.45) is 5.73 Å². The molecule has 0 spiro atoms. The Kier molecular flexibility index (Phi) is 5.24. The summed E-state index contributed by atoms with van der Waals surface area (Å²) in [5.74, 6) is -0.916. The molecule has 0 bridgehead atoms. The molecule has 3 N–H and O–H groups in total. The lowest BCUT2D eigenvalue weighted by atomic mass is 9.81. The lowest BCUT2D eigenvalue weighted by Gasteiger charge is -2.29. The minimum absolute atomic E-state index is 0.0672. The number of nitrogens with zero attached hydrogens (tertiary/aromatic N) is 1. The molecule has 0 aromatic heterocycles. The predicted molar refractivity (Wildman–Crippen MR) is 90.0 cm³/mol. The highest BCUT2D eigenvalue weighted by Gasteiger charge is 2.32. The first kappa shape index (κ1) is 16.8. The summed E-state index contributed by atoms with van der Waals surface area (Å²) >= 11 is 1.18. The van der Waals surface area contributed by atoms with E-state index in [1.54, 1.807) is 6.92 Å². The first-order valence-corrected chi connectivity index (χ1v) is 8.03.